The van der Waals surface area contributed by atoms with Crippen molar-refractivity contribution < 1.29 is 9.90 Å². The van der Waals surface area contributed by atoms with E-state index < -0.39 is 34.8 Å². The van der Waals surface area contributed by atoms with Crippen molar-refractivity contribution in [3.8, 4) is 5.69 Å². The fraction of sp³-hybridized carbons (Fsp3) is 0.227. The van der Waals surface area contributed by atoms with Crippen molar-refractivity contribution >= 4 is 27.5 Å². The predicted molar refractivity (Wildman–Crippen MR) is 113 cm³/mol. The number of hydrogen-bond donors (Lipinski definition) is 1. The van der Waals surface area contributed by atoms with Gasteiger partial charge in [0.1, 0.15) is 6.54 Å². The van der Waals surface area contributed by atoms with Gasteiger partial charge >= 0.3 is 5.97 Å². The lowest BCUT2D eigenvalue weighted by Crippen LogP contribution is -2.29. The van der Waals surface area contributed by atoms with Crippen LogP contribution in [-0.2, 0) is 24.2 Å². The molecule has 0 saturated carbocycles. The number of rotatable bonds is 5. The number of para-hydroxylation sites is 1. The van der Waals surface area contributed by atoms with E-state index in [1.165, 1.54) is 12.1 Å². The standard InChI is InChI=1S/C22H18N2O6/c1-3-11-6-5-7-12(4-2)18(11)24-21(29)15-8-13-14(9-16(15)22(24)30)20(28)23(19(13)27)10-17(25)26/h5-9H,3-4,10H2,1-2H3,(H,25,26). The summed E-state index contributed by atoms with van der Waals surface area (Å²) in [6.07, 6.45) is 1.24. The summed E-state index contributed by atoms with van der Waals surface area (Å²) < 4.78 is 1.71. The lowest BCUT2D eigenvalue weighted by molar-refractivity contribution is -0.137. The molecule has 0 radical (unpaired) electrons. The highest BCUT2D eigenvalue weighted by Crippen LogP contribution is 2.22. The van der Waals surface area contributed by atoms with Crippen LogP contribution >= 0.6 is 0 Å². The van der Waals surface area contributed by atoms with E-state index in [0.717, 1.165) is 15.7 Å². The first-order valence-electron chi connectivity index (χ1n) is 9.55. The first kappa shape index (κ1) is 19.5. The van der Waals surface area contributed by atoms with Gasteiger partial charge in [0, 0.05) is 0 Å². The quantitative estimate of drug-likeness (QED) is 0.531. The van der Waals surface area contributed by atoms with Crippen LogP contribution in [0, 0.1) is 0 Å². The van der Waals surface area contributed by atoms with Crippen molar-refractivity contribution in [3.63, 3.8) is 0 Å². The molecule has 4 rings (SSSR count). The molecule has 152 valence electrons. The lowest BCUT2D eigenvalue weighted by atomic mass is 10.0. The topological polar surface area (TPSA) is 115 Å². The van der Waals surface area contributed by atoms with Gasteiger partial charge in [0.05, 0.1) is 27.2 Å². The Labute approximate surface area is 168 Å². The Morgan fingerprint density at radius 3 is 1.63 bits per heavy atom. The summed E-state index contributed by atoms with van der Waals surface area (Å²) in [6.45, 7) is 3.08. The highest BCUT2D eigenvalue weighted by Gasteiger charge is 2.22. The van der Waals surface area contributed by atoms with Crippen LogP contribution in [0.15, 0.2) is 49.5 Å². The van der Waals surface area contributed by atoms with E-state index in [9.17, 15) is 24.0 Å². The monoisotopic (exact) mass is 406 g/mol. The second kappa shape index (κ2) is 6.91. The molecule has 2 aromatic heterocycles. The van der Waals surface area contributed by atoms with Gasteiger partial charge < -0.3 is 5.11 Å². The molecular formula is C22H18N2O6. The van der Waals surface area contributed by atoms with Crippen molar-refractivity contribution in [2.24, 2.45) is 0 Å². The zero-order chi connectivity index (χ0) is 21.7. The fourth-order valence-electron chi connectivity index (χ4n) is 4.01. The molecule has 0 fully saturated rings. The van der Waals surface area contributed by atoms with Crippen molar-refractivity contribution in [2.75, 3.05) is 0 Å². The first-order valence-corrected chi connectivity index (χ1v) is 9.55. The highest BCUT2D eigenvalue weighted by atomic mass is 16.4. The van der Waals surface area contributed by atoms with Crippen molar-refractivity contribution in [1.82, 2.24) is 9.13 Å². The number of carbonyl (C=O) groups is 1. The van der Waals surface area contributed by atoms with Gasteiger partial charge in [-0.25, -0.2) is 4.57 Å². The Hall–Kier alpha value is -3.81. The number of benzene rings is 2. The average molecular weight is 406 g/mol. The lowest BCUT2D eigenvalue weighted by Gasteiger charge is -2.12. The third-order valence-electron chi connectivity index (χ3n) is 5.46. The van der Waals surface area contributed by atoms with Crippen molar-refractivity contribution in [3.05, 3.63) is 82.9 Å². The Morgan fingerprint density at radius 1 is 0.800 bits per heavy atom. The molecule has 30 heavy (non-hydrogen) atoms. The number of aromatic nitrogens is 2. The van der Waals surface area contributed by atoms with Gasteiger partial charge in [0.25, 0.3) is 22.2 Å². The smallest absolute Gasteiger partial charge is 0.323 e. The van der Waals surface area contributed by atoms with Crippen molar-refractivity contribution in [2.45, 2.75) is 33.2 Å². The third-order valence-corrected chi connectivity index (χ3v) is 5.46. The van der Waals surface area contributed by atoms with Gasteiger partial charge in [-0.3, -0.25) is 28.5 Å². The molecule has 0 saturated heterocycles. The molecule has 0 spiro atoms. The summed E-state index contributed by atoms with van der Waals surface area (Å²) >= 11 is 0. The number of carboxylic acids is 1. The number of nitrogens with zero attached hydrogens (tertiary/aromatic N) is 2. The van der Waals surface area contributed by atoms with Crippen LogP contribution in [0.25, 0.3) is 27.2 Å². The fourth-order valence-corrected chi connectivity index (χ4v) is 4.01. The number of carboxylic acid groups (broad SMARTS) is 1. The van der Waals surface area contributed by atoms with Crippen LogP contribution in [0.2, 0.25) is 0 Å². The number of fused-ring (bicyclic) bond motifs is 2. The van der Waals surface area contributed by atoms with E-state index in [-0.39, 0.29) is 21.5 Å². The number of aliphatic carboxylic acids is 1. The molecular weight excluding hydrogens is 388 g/mol. The molecule has 2 heterocycles. The maximum absolute atomic E-state index is 13.2. The zero-order valence-corrected chi connectivity index (χ0v) is 16.4. The van der Waals surface area contributed by atoms with Gasteiger partial charge in [0.2, 0.25) is 0 Å². The predicted octanol–water partition coefficient (Wildman–Crippen LogP) is 1.11. The van der Waals surface area contributed by atoms with Gasteiger partial charge in [-0.1, -0.05) is 32.0 Å². The molecule has 2 aromatic carbocycles. The summed E-state index contributed by atoms with van der Waals surface area (Å²) in [4.78, 5) is 62.4. The molecule has 1 N–H and O–H groups in total. The van der Waals surface area contributed by atoms with Gasteiger partial charge in [0.15, 0.2) is 0 Å². The normalized spacial score (nSPS) is 11.5. The van der Waals surface area contributed by atoms with Gasteiger partial charge in [-0.2, -0.15) is 0 Å². The summed E-state index contributed by atoms with van der Waals surface area (Å²) in [7, 11) is 0. The Bertz CT molecular complexity index is 1450. The molecule has 8 heteroatoms. The summed E-state index contributed by atoms with van der Waals surface area (Å²) in [5, 5.41) is 8.87. The molecule has 0 atom stereocenters. The molecule has 0 amide bonds. The van der Waals surface area contributed by atoms with Crippen LogP contribution in [-0.4, -0.2) is 20.2 Å². The Balaban J connectivity index is 2.12. The van der Waals surface area contributed by atoms with E-state index in [2.05, 4.69) is 0 Å². The van der Waals surface area contributed by atoms with E-state index in [1.807, 2.05) is 32.0 Å². The third kappa shape index (κ3) is 2.64. The number of aryl methyl sites for hydroxylation is 2. The minimum absolute atomic E-state index is 0.0324. The van der Waals surface area contributed by atoms with Gasteiger partial charge in [-0.05, 0) is 36.1 Å². The maximum Gasteiger partial charge on any atom is 0.323 e. The summed E-state index contributed by atoms with van der Waals surface area (Å²) in [5.41, 5.74) is -0.480. The molecule has 0 aliphatic heterocycles. The molecule has 4 aromatic rings. The Morgan fingerprint density at radius 2 is 1.23 bits per heavy atom. The Kier molecular flexibility index (Phi) is 4.49. The largest absolute Gasteiger partial charge is 0.480 e. The highest BCUT2D eigenvalue weighted by molar-refractivity contribution is 5.98. The van der Waals surface area contributed by atoms with Crippen LogP contribution in [0.4, 0.5) is 0 Å². The molecule has 0 aliphatic carbocycles. The van der Waals surface area contributed by atoms with Crippen LogP contribution in [0.3, 0.4) is 0 Å². The van der Waals surface area contributed by atoms with Crippen molar-refractivity contribution in [1.29, 1.82) is 0 Å². The SMILES string of the molecule is CCc1cccc(CC)c1-n1c(=O)c2cc3c(=O)n(CC(=O)O)c(=O)c3cc2c1=O. The minimum atomic E-state index is -1.33. The van der Waals surface area contributed by atoms with Crippen LogP contribution < -0.4 is 22.2 Å². The molecule has 8 nitrogen and oxygen atoms in total. The van der Waals surface area contributed by atoms with Gasteiger partial charge in [-0.15, -0.1) is 0 Å². The average Bonchev–Trinajstić information content (AvgIpc) is 3.11. The van der Waals surface area contributed by atoms with E-state index in [1.54, 1.807) is 0 Å². The molecule has 0 unspecified atom stereocenters. The molecule has 0 aliphatic rings. The second-order valence-electron chi connectivity index (χ2n) is 7.11. The maximum atomic E-state index is 13.2. The first-order chi connectivity index (χ1) is 14.3. The minimum Gasteiger partial charge on any atom is -0.480 e. The summed E-state index contributed by atoms with van der Waals surface area (Å²) in [5.74, 6) is -1.33. The van der Waals surface area contributed by atoms with Crippen LogP contribution in [0.5, 0.6) is 0 Å². The zero-order valence-electron chi connectivity index (χ0n) is 16.4. The number of hydrogen-bond acceptors (Lipinski definition) is 5. The van der Waals surface area contributed by atoms with Crippen LogP contribution in [0.1, 0.15) is 25.0 Å². The second-order valence-corrected chi connectivity index (χ2v) is 7.11. The summed E-state index contributed by atoms with van der Waals surface area (Å²) in [6, 6.07) is 8.05. The van der Waals surface area contributed by atoms with E-state index >= 15 is 0 Å². The van der Waals surface area contributed by atoms with E-state index in [4.69, 9.17) is 5.11 Å². The molecule has 0 bridgehead atoms. The van der Waals surface area contributed by atoms with E-state index in [0.29, 0.717) is 23.1 Å².